The van der Waals surface area contributed by atoms with E-state index in [1.54, 1.807) is 6.07 Å². The van der Waals surface area contributed by atoms with E-state index < -0.39 is 6.36 Å². The first-order valence-corrected chi connectivity index (χ1v) is 5.58. The molecule has 0 aliphatic rings. The summed E-state index contributed by atoms with van der Waals surface area (Å²) in [5.74, 6) is -0.239. The predicted molar refractivity (Wildman–Crippen MR) is 62.7 cm³/mol. The van der Waals surface area contributed by atoms with Crippen molar-refractivity contribution in [3.63, 3.8) is 0 Å². The molecule has 1 N–H and O–H groups in total. The van der Waals surface area contributed by atoms with Crippen LogP contribution in [0, 0.1) is 0 Å². The van der Waals surface area contributed by atoms with Gasteiger partial charge in [0.15, 0.2) is 0 Å². The number of halogens is 3. The molecular weight excluding hydrogens is 247 g/mol. The van der Waals surface area contributed by atoms with Gasteiger partial charge in [-0.15, -0.1) is 13.2 Å². The summed E-state index contributed by atoms with van der Waals surface area (Å²) in [6.07, 6.45) is -4.54. The highest BCUT2D eigenvalue weighted by molar-refractivity contribution is 5.48. The lowest BCUT2D eigenvalue weighted by molar-refractivity contribution is -0.274. The maximum atomic E-state index is 12.0. The van der Waals surface area contributed by atoms with Crippen molar-refractivity contribution in [2.75, 3.05) is 18.5 Å². The summed E-state index contributed by atoms with van der Waals surface area (Å²) in [6.45, 7) is 4.84. The van der Waals surface area contributed by atoms with Gasteiger partial charge in [-0.1, -0.05) is 6.07 Å². The summed E-state index contributed by atoms with van der Waals surface area (Å²) in [5, 5.41) is 2.95. The first-order chi connectivity index (χ1) is 8.37. The topological polar surface area (TPSA) is 30.5 Å². The fourth-order valence-corrected chi connectivity index (χ4v) is 1.29. The van der Waals surface area contributed by atoms with Crippen molar-refractivity contribution in [2.24, 2.45) is 0 Å². The minimum Gasteiger partial charge on any atom is -0.406 e. The van der Waals surface area contributed by atoms with Crippen LogP contribution in [0.2, 0.25) is 0 Å². The Balaban J connectivity index is 2.44. The predicted octanol–water partition coefficient (Wildman–Crippen LogP) is 3.42. The first kappa shape index (κ1) is 14.6. The molecule has 0 bridgehead atoms. The summed E-state index contributed by atoms with van der Waals surface area (Å²) in [5.41, 5.74) is 0.559. The zero-order valence-corrected chi connectivity index (χ0v) is 10.3. The molecule has 0 spiro atoms. The third-order valence-corrected chi connectivity index (χ3v) is 1.95. The van der Waals surface area contributed by atoms with E-state index in [0.717, 1.165) is 0 Å². The highest BCUT2D eigenvalue weighted by Crippen LogP contribution is 2.24. The maximum Gasteiger partial charge on any atom is 0.573 e. The quantitative estimate of drug-likeness (QED) is 0.798. The van der Waals surface area contributed by atoms with Gasteiger partial charge in [-0.25, -0.2) is 0 Å². The van der Waals surface area contributed by atoms with E-state index in [2.05, 4.69) is 10.1 Å². The largest absolute Gasteiger partial charge is 0.573 e. The van der Waals surface area contributed by atoms with Crippen LogP contribution in [0.5, 0.6) is 5.75 Å². The Kier molecular flexibility index (Phi) is 5.27. The summed E-state index contributed by atoms with van der Waals surface area (Å²) in [7, 11) is 0. The molecule has 0 amide bonds. The van der Waals surface area contributed by atoms with Crippen LogP contribution < -0.4 is 10.1 Å². The molecule has 1 aromatic carbocycles. The monoisotopic (exact) mass is 263 g/mol. The number of rotatable bonds is 6. The zero-order chi connectivity index (χ0) is 13.6. The lowest BCUT2D eigenvalue weighted by atomic mass is 10.3. The fourth-order valence-electron chi connectivity index (χ4n) is 1.29. The van der Waals surface area contributed by atoms with Gasteiger partial charge in [-0.2, -0.15) is 0 Å². The normalized spacial score (nSPS) is 11.7. The molecule has 0 atom stereocenters. The molecule has 0 heterocycles. The molecule has 6 heteroatoms. The SMILES string of the molecule is CC(C)OCCNc1cccc(OC(F)(F)F)c1. The average molecular weight is 263 g/mol. The summed E-state index contributed by atoms with van der Waals surface area (Å²) in [4.78, 5) is 0. The van der Waals surface area contributed by atoms with E-state index in [0.29, 0.717) is 18.8 Å². The Hall–Kier alpha value is -1.43. The van der Waals surface area contributed by atoms with Gasteiger partial charge in [-0.05, 0) is 26.0 Å². The van der Waals surface area contributed by atoms with Crippen LogP contribution in [0.25, 0.3) is 0 Å². The number of alkyl halides is 3. The van der Waals surface area contributed by atoms with Gasteiger partial charge >= 0.3 is 6.36 Å². The Morgan fingerprint density at radius 3 is 2.61 bits per heavy atom. The van der Waals surface area contributed by atoms with Gasteiger partial charge in [0, 0.05) is 18.3 Å². The molecule has 102 valence electrons. The van der Waals surface area contributed by atoms with Gasteiger partial charge in [0.25, 0.3) is 0 Å². The Bertz CT molecular complexity index is 367. The van der Waals surface area contributed by atoms with Crippen molar-refractivity contribution >= 4 is 5.69 Å². The number of hydrogen-bond acceptors (Lipinski definition) is 3. The van der Waals surface area contributed by atoms with Gasteiger partial charge in [0.05, 0.1) is 12.7 Å². The Morgan fingerprint density at radius 2 is 2.00 bits per heavy atom. The second kappa shape index (κ2) is 6.49. The van der Waals surface area contributed by atoms with Crippen molar-refractivity contribution in [2.45, 2.75) is 26.3 Å². The van der Waals surface area contributed by atoms with E-state index >= 15 is 0 Å². The smallest absolute Gasteiger partial charge is 0.406 e. The van der Waals surface area contributed by atoms with E-state index in [4.69, 9.17) is 4.74 Å². The first-order valence-electron chi connectivity index (χ1n) is 5.58. The van der Waals surface area contributed by atoms with Crippen molar-refractivity contribution < 1.29 is 22.6 Å². The van der Waals surface area contributed by atoms with Gasteiger partial charge < -0.3 is 14.8 Å². The Morgan fingerprint density at radius 1 is 1.28 bits per heavy atom. The molecule has 0 aliphatic carbocycles. The molecule has 0 saturated carbocycles. The number of ether oxygens (including phenoxy) is 2. The fraction of sp³-hybridized carbons (Fsp3) is 0.500. The summed E-state index contributed by atoms with van der Waals surface area (Å²) < 4.78 is 45.1. The molecule has 0 aliphatic heterocycles. The van der Waals surface area contributed by atoms with Crippen LogP contribution in [0.4, 0.5) is 18.9 Å². The molecule has 0 fully saturated rings. The molecular formula is C12H16F3NO2. The van der Waals surface area contributed by atoms with Crippen LogP contribution in [0.1, 0.15) is 13.8 Å². The maximum absolute atomic E-state index is 12.0. The highest BCUT2D eigenvalue weighted by Gasteiger charge is 2.31. The third kappa shape index (κ3) is 6.34. The minimum absolute atomic E-state index is 0.131. The van der Waals surface area contributed by atoms with Crippen molar-refractivity contribution in [1.82, 2.24) is 0 Å². The van der Waals surface area contributed by atoms with Gasteiger partial charge in [0.1, 0.15) is 5.75 Å². The highest BCUT2D eigenvalue weighted by atomic mass is 19.4. The van der Waals surface area contributed by atoms with Crippen molar-refractivity contribution in [3.8, 4) is 5.75 Å². The lowest BCUT2D eigenvalue weighted by Gasteiger charge is -2.12. The second-order valence-electron chi connectivity index (χ2n) is 3.92. The summed E-state index contributed by atoms with van der Waals surface area (Å²) >= 11 is 0. The van der Waals surface area contributed by atoms with Crippen molar-refractivity contribution in [1.29, 1.82) is 0 Å². The molecule has 3 nitrogen and oxygen atoms in total. The number of benzene rings is 1. The molecule has 0 saturated heterocycles. The zero-order valence-electron chi connectivity index (χ0n) is 10.3. The number of anilines is 1. The number of nitrogens with one attached hydrogen (secondary N) is 1. The third-order valence-electron chi connectivity index (χ3n) is 1.95. The molecule has 1 rings (SSSR count). The van der Waals surface area contributed by atoms with Crippen LogP contribution in [-0.2, 0) is 4.74 Å². The van der Waals surface area contributed by atoms with Crippen LogP contribution in [0.15, 0.2) is 24.3 Å². The molecule has 0 unspecified atom stereocenters. The van der Waals surface area contributed by atoms with E-state index in [-0.39, 0.29) is 11.9 Å². The van der Waals surface area contributed by atoms with E-state index in [9.17, 15) is 13.2 Å². The molecule has 0 radical (unpaired) electrons. The van der Waals surface area contributed by atoms with Gasteiger partial charge in [0.2, 0.25) is 0 Å². The molecule has 1 aromatic rings. The average Bonchev–Trinajstić information content (AvgIpc) is 2.22. The summed E-state index contributed by atoms with van der Waals surface area (Å²) in [6, 6.07) is 5.71. The molecule has 18 heavy (non-hydrogen) atoms. The van der Waals surface area contributed by atoms with Crippen molar-refractivity contribution in [3.05, 3.63) is 24.3 Å². The second-order valence-corrected chi connectivity index (χ2v) is 3.92. The van der Waals surface area contributed by atoms with E-state index in [1.807, 2.05) is 13.8 Å². The minimum atomic E-state index is -4.67. The Labute approximate surface area is 104 Å². The molecule has 0 aromatic heterocycles. The van der Waals surface area contributed by atoms with Crippen LogP contribution >= 0.6 is 0 Å². The van der Waals surface area contributed by atoms with Gasteiger partial charge in [-0.3, -0.25) is 0 Å². The van der Waals surface area contributed by atoms with Crippen LogP contribution in [0.3, 0.4) is 0 Å². The van der Waals surface area contributed by atoms with E-state index in [1.165, 1.54) is 18.2 Å². The number of hydrogen-bond donors (Lipinski definition) is 1. The van der Waals surface area contributed by atoms with Crippen LogP contribution in [-0.4, -0.2) is 25.6 Å². The standard InChI is InChI=1S/C12H16F3NO2/c1-9(2)17-7-6-16-10-4-3-5-11(8-10)18-12(13,14)15/h3-5,8-9,16H,6-7H2,1-2H3. The lowest BCUT2D eigenvalue weighted by Crippen LogP contribution is -2.17.